The molecule has 94 valence electrons. The second-order valence-corrected chi connectivity index (χ2v) is 5.51. The number of nitrogens with zero attached hydrogens (tertiary/aromatic N) is 2. The monoisotopic (exact) mass is 227 g/mol. The smallest absolute Gasteiger partial charge is 0.0620 e. The van der Waals surface area contributed by atoms with Gasteiger partial charge >= 0.3 is 0 Å². The van der Waals surface area contributed by atoms with Crippen molar-refractivity contribution >= 4 is 0 Å². The minimum Gasteiger partial charge on any atom is -0.379 e. The lowest BCUT2D eigenvalue weighted by atomic mass is 9.92. The van der Waals surface area contributed by atoms with E-state index in [-0.39, 0.29) is 5.54 Å². The average Bonchev–Trinajstić information content (AvgIpc) is 2.56. The van der Waals surface area contributed by atoms with Crippen molar-refractivity contribution in [3.05, 3.63) is 0 Å². The summed E-state index contributed by atoms with van der Waals surface area (Å²) in [7, 11) is 2.20. The number of ether oxygens (including phenoxy) is 1. The molecule has 4 nitrogen and oxygen atoms in total. The Hall–Kier alpha value is -0.160. The van der Waals surface area contributed by atoms with Crippen molar-refractivity contribution < 1.29 is 4.74 Å². The van der Waals surface area contributed by atoms with Gasteiger partial charge in [-0.15, -0.1) is 0 Å². The van der Waals surface area contributed by atoms with E-state index in [2.05, 4.69) is 30.7 Å². The molecule has 0 spiro atoms. The Morgan fingerprint density at radius 3 is 2.62 bits per heavy atom. The molecule has 2 saturated heterocycles. The molecule has 4 heteroatoms. The first-order valence-corrected chi connectivity index (χ1v) is 6.34. The lowest BCUT2D eigenvalue weighted by Crippen LogP contribution is -2.62. The van der Waals surface area contributed by atoms with Crippen molar-refractivity contribution in [3.8, 4) is 0 Å². The number of likely N-dealkylation sites (N-methyl/N-ethyl adjacent to an activating group) is 1. The van der Waals surface area contributed by atoms with Gasteiger partial charge in [0.2, 0.25) is 0 Å². The number of hydrogen-bond donors (Lipinski definition) is 1. The van der Waals surface area contributed by atoms with Gasteiger partial charge in [-0.2, -0.15) is 0 Å². The van der Waals surface area contributed by atoms with Crippen LogP contribution in [0.5, 0.6) is 0 Å². The van der Waals surface area contributed by atoms with E-state index >= 15 is 0 Å². The van der Waals surface area contributed by atoms with Gasteiger partial charge in [0.25, 0.3) is 0 Å². The van der Waals surface area contributed by atoms with Gasteiger partial charge in [-0.3, -0.25) is 4.90 Å². The van der Waals surface area contributed by atoms with Gasteiger partial charge in [0.05, 0.1) is 13.2 Å². The fourth-order valence-electron chi connectivity index (χ4n) is 3.30. The molecule has 3 atom stereocenters. The second-order valence-electron chi connectivity index (χ2n) is 5.51. The lowest BCUT2D eigenvalue weighted by Gasteiger charge is -2.46. The quantitative estimate of drug-likeness (QED) is 0.728. The summed E-state index contributed by atoms with van der Waals surface area (Å²) in [5.41, 5.74) is 6.26. The van der Waals surface area contributed by atoms with Crippen molar-refractivity contribution in [2.24, 2.45) is 5.73 Å². The Morgan fingerprint density at radius 1 is 1.38 bits per heavy atom. The maximum Gasteiger partial charge on any atom is 0.0620 e. The topological polar surface area (TPSA) is 41.7 Å². The molecular weight excluding hydrogens is 202 g/mol. The number of likely N-dealkylation sites (tertiary alicyclic amines) is 1. The van der Waals surface area contributed by atoms with Crippen molar-refractivity contribution in [1.82, 2.24) is 9.80 Å². The zero-order valence-electron chi connectivity index (χ0n) is 10.8. The number of morpholine rings is 1. The van der Waals surface area contributed by atoms with Crippen LogP contribution in [-0.2, 0) is 4.74 Å². The molecule has 2 aliphatic rings. The van der Waals surface area contributed by atoms with E-state index in [1.807, 2.05) is 0 Å². The Morgan fingerprint density at radius 2 is 2.12 bits per heavy atom. The molecule has 0 saturated carbocycles. The summed E-state index contributed by atoms with van der Waals surface area (Å²) in [5, 5.41) is 0. The van der Waals surface area contributed by atoms with Gasteiger partial charge in [-0.05, 0) is 27.3 Å². The van der Waals surface area contributed by atoms with Crippen LogP contribution in [0, 0.1) is 0 Å². The molecule has 0 aliphatic carbocycles. The van der Waals surface area contributed by atoms with E-state index in [1.54, 1.807) is 0 Å². The molecule has 0 aromatic carbocycles. The van der Waals surface area contributed by atoms with E-state index in [0.717, 1.165) is 32.8 Å². The van der Waals surface area contributed by atoms with Crippen LogP contribution in [0.3, 0.4) is 0 Å². The van der Waals surface area contributed by atoms with Crippen molar-refractivity contribution in [3.63, 3.8) is 0 Å². The highest BCUT2D eigenvalue weighted by molar-refractivity contribution is 5.04. The van der Waals surface area contributed by atoms with Crippen LogP contribution in [0.15, 0.2) is 0 Å². The predicted octanol–water partition coefficient (Wildman–Crippen LogP) is 0.129. The number of nitrogens with two attached hydrogens (primary N) is 1. The van der Waals surface area contributed by atoms with Crippen LogP contribution < -0.4 is 5.73 Å². The second kappa shape index (κ2) is 4.61. The fraction of sp³-hybridized carbons (Fsp3) is 1.00. The molecule has 0 bridgehead atoms. The molecule has 2 heterocycles. The van der Waals surface area contributed by atoms with Crippen LogP contribution in [0.2, 0.25) is 0 Å². The highest BCUT2D eigenvalue weighted by Crippen LogP contribution is 2.33. The minimum atomic E-state index is 0.178. The Bertz CT molecular complexity index is 236. The van der Waals surface area contributed by atoms with E-state index < -0.39 is 0 Å². The number of rotatable bonds is 2. The SMILES string of the molecule is CC1CC(CN)(N2CCOCC2C)CN1C. The van der Waals surface area contributed by atoms with E-state index in [1.165, 1.54) is 6.42 Å². The maximum atomic E-state index is 6.08. The zero-order valence-corrected chi connectivity index (χ0v) is 10.8. The largest absolute Gasteiger partial charge is 0.379 e. The molecule has 16 heavy (non-hydrogen) atoms. The third kappa shape index (κ3) is 1.99. The predicted molar refractivity (Wildman–Crippen MR) is 65.5 cm³/mol. The summed E-state index contributed by atoms with van der Waals surface area (Å²) in [6.07, 6.45) is 1.18. The first-order chi connectivity index (χ1) is 7.59. The van der Waals surface area contributed by atoms with E-state index in [0.29, 0.717) is 12.1 Å². The van der Waals surface area contributed by atoms with Crippen LogP contribution in [0.25, 0.3) is 0 Å². The van der Waals surface area contributed by atoms with Crippen LogP contribution in [0.4, 0.5) is 0 Å². The van der Waals surface area contributed by atoms with E-state index in [4.69, 9.17) is 10.5 Å². The summed E-state index contributed by atoms with van der Waals surface area (Å²) in [6.45, 7) is 9.12. The summed E-state index contributed by atoms with van der Waals surface area (Å²) >= 11 is 0. The summed E-state index contributed by atoms with van der Waals surface area (Å²) in [6, 6.07) is 1.13. The molecular formula is C12H25N3O. The Balaban J connectivity index is 2.14. The fourth-order valence-corrected chi connectivity index (χ4v) is 3.30. The molecule has 0 aromatic rings. The molecule has 2 rings (SSSR count). The lowest BCUT2D eigenvalue weighted by molar-refractivity contribution is -0.0527. The summed E-state index contributed by atoms with van der Waals surface area (Å²) in [4.78, 5) is 5.01. The zero-order chi connectivity index (χ0) is 11.8. The standard InChI is InChI=1S/C12H25N3O/c1-10-6-12(8-13,9-14(10)3)15-4-5-16-7-11(15)2/h10-11H,4-9,13H2,1-3H3. The Labute approximate surface area is 98.7 Å². The first-order valence-electron chi connectivity index (χ1n) is 6.34. The first kappa shape index (κ1) is 12.3. The van der Waals surface area contributed by atoms with Gasteiger partial charge in [0.15, 0.2) is 0 Å². The molecule has 2 N–H and O–H groups in total. The van der Waals surface area contributed by atoms with Gasteiger partial charge in [0.1, 0.15) is 0 Å². The van der Waals surface area contributed by atoms with Crippen molar-refractivity contribution in [1.29, 1.82) is 0 Å². The molecule has 0 radical (unpaired) electrons. The molecule has 2 aliphatic heterocycles. The van der Waals surface area contributed by atoms with Crippen molar-refractivity contribution in [2.75, 3.05) is 39.9 Å². The van der Waals surface area contributed by atoms with Crippen molar-refractivity contribution in [2.45, 2.75) is 37.9 Å². The molecule has 3 unspecified atom stereocenters. The Kier molecular flexibility index (Phi) is 3.54. The van der Waals surface area contributed by atoms with Crippen LogP contribution >= 0.6 is 0 Å². The molecule has 0 aromatic heterocycles. The third-order valence-corrected chi connectivity index (χ3v) is 4.33. The maximum absolute atomic E-state index is 6.08. The highest BCUT2D eigenvalue weighted by Gasteiger charge is 2.46. The number of hydrogen-bond acceptors (Lipinski definition) is 4. The average molecular weight is 227 g/mol. The van der Waals surface area contributed by atoms with Gasteiger partial charge < -0.3 is 15.4 Å². The molecule has 0 amide bonds. The molecule has 2 fully saturated rings. The highest BCUT2D eigenvalue weighted by atomic mass is 16.5. The minimum absolute atomic E-state index is 0.178. The van der Waals surface area contributed by atoms with Gasteiger partial charge in [-0.25, -0.2) is 0 Å². The third-order valence-electron chi connectivity index (χ3n) is 4.33. The van der Waals surface area contributed by atoms with Gasteiger partial charge in [0, 0.05) is 37.3 Å². The van der Waals surface area contributed by atoms with Gasteiger partial charge in [-0.1, -0.05) is 0 Å². The summed E-state index contributed by atoms with van der Waals surface area (Å²) < 4.78 is 5.52. The normalized spacial score (nSPS) is 42.8. The van der Waals surface area contributed by atoms with E-state index in [9.17, 15) is 0 Å². The van der Waals surface area contributed by atoms with Crippen LogP contribution in [-0.4, -0.2) is 67.3 Å². The van der Waals surface area contributed by atoms with Crippen LogP contribution in [0.1, 0.15) is 20.3 Å². The summed E-state index contributed by atoms with van der Waals surface area (Å²) in [5.74, 6) is 0.